The highest BCUT2D eigenvalue weighted by molar-refractivity contribution is 5.94. The van der Waals surface area contributed by atoms with Gasteiger partial charge in [0.05, 0.1) is 11.1 Å². The van der Waals surface area contributed by atoms with E-state index in [2.05, 4.69) is 31.2 Å². The van der Waals surface area contributed by atoms with Gasteiger partial charge in [-0.1, -0.05) is 34.6 Å². The van der Waals surface area contributed by atoms with Crippen molar-refractivity contribution >= 4 is 24.1 Å². The lowest BCUT2D eigenvalue weighted by atomic mass is 9.81. The molecule has 0 bridgehead atoms. The second-order valence-electron chi connectivity index (χ2n) is 7.03. The highest BCUT2D eigenvalue weighted by Gasteiger charge is 2.33. The van der Waals surface area contributed by atoms with Crippen molar-refractivity contribution in [3.05, 3.63) is 11.8 Å². The van der Waals surface area contributed by atoms with Crippen LogP contribution in [0.2, 0.25) is 0 Å². The van der Waals surface area contributed by atoms with Crippen LogP contribution in [0.15, 0.2) is 6.07 Å². The molecule has 0 radical (unpaired) electrons. The number of carbonyl (C=O) groups is 1. The summed E-state index contributed by atoms with van der Waals surface area (Å²) in [4.78, 5) is 12.5. The van der Waals surface area contributed by atoms with Gasteiger partial charge < -0.3 is 11.1 Å². The van der Waals surface area contributed by atoms with E-state index in [4.69, 9.17) is 5.73 Å². The van der Waals surface area contributed by atoms with Crippen LogP contribution in [-0.4, -0.2) is 22.2 Å². The van der Waals surface area contributed by atoms with Crippen LogP contribution in [0, 0.1) is 10.8 Å². The highest BCUT2D eigenvalue weighted by atomic mass is 35.5. The number of anilines is 1. The molecule has 6 heteroatoms. The number of nitrogens with two attached hydrogens (primary N) is 1. The number of amides is 1. The van der Waals surface area contributed by atoms with E-state index in [1.165, 1.54) is 0 Å². The molecule has 0 fully saturated rings. The molecular weight excluding hydrogens is 300 g/mol. The predicted octanol–water partition coefficient (Wildman–Crippen LogP) is 3.13. The summed E-state index contributed by atoms with van der Waals surface area (Å²) in [6.45, 7) is 10.9. The molecular formula is C16H31ClN4O. The van der Waals surface area contributed by atoms with Gasteiger partial charge in [0, 0.05) is 19.7 Å². The summed E-state index contributed by atoms with van der Waals surface area (Å²) in [7, 11) is 1.85. The minimum atomic E-state index is -0.492. The Bertz CT molecular complexity index is 479. The molecule has 0 unspecified atom stereocenters. The molecule has 1 heterocycles. The van der Waals surface area contributed by atoms with Gasteiger partial charge in [-0.2, -0.15) is 5.10 Å². The molecule has 0 atom stereocenters. The van der Waals surface area contributed by atoms with Crippen molar-refractivity contribution < 1.29 is 4.79 Å². The maximum atomic E-state index is 12.5. The van der Waals surface area contributed by atoms with Gasteiger partial charge in [0.1, 0.15) is 5.82 Å². The molecule has 1 rings (SSSR count). The van der Waals surface area contributed by atoms with E-state index >= 15 is 0 Å². The van der Waals surface area contributed by atoms with E-state index in [1.54, 1.807) is 4.68 Å². The molecule has 5 nitrogen and oxygen atoms in total. The summed E-state index contributed by atoms with van der Waals surface area (Å²) in [5.41, 5.74) is 6.50. The van der Waals surface area contributed by atoms with Crippen LogP contribution in [0.4, 0.5) is 5.82 Å². The maximum absolute atomic E-state index is 12.5. The first kappa shape index (κ1) is 20.9. The topological polar surface area (TPSA) is 72.9 Å². The summed E-state index contributed by atoms with van der Waals surface area (Å²) in [6, 6.07) is 1.95. The van der Waals surface area contributed by atoms with Crippen molar-refractivity contribution in [3.63, 3.8) is 0 Å². The second kappa shape index (κ2) is 7.97. The fourth-order valence-electron chi connectivity index (χ4n) is 2.47. The molecule has 0 saturated carbocycles. The summed E-state index contributed by atoms with van der Waals surface area (Å²) in [5.74, 6) is 0.722. The van der Waals surface area contributed by atoms with Crippen LogP contribution in [0.3, 0.4) is 0 Å². The number of aryl methyl sites for hydroxylation is 1. The third-order valence-corrected chi connectivity index (χ3v) is 4.11. The number of hydrogen-bond acceptors (Lipinski definition) is 3. The number of carbonyl (C=O) groups excluding carboxylic acids is 1. The summed E-state index contributed by atoms with van der Waals surface area (Å²) >= 11 is 0. The Balaban J connectivity index is 0.00000441. The molecule has 1 aromatic heterocycles. The van der Waals surface area contributed by atoms with Crippen molar-refractivity contribution in [2.24, 2.45) is 23.6 Å². The van der Waals surface area contributed by atoms with E-state index in [1.807, 2.05) is 27.0 Å². The Morgan fingerprint density at radius 2 is 1.86 bits per heavy atom. The molecule has 128 valence electrons. The number of halogens is 1. The molecule has 0 aromatic carbocycles. The molecule has 22 heavy (non-hydrogen) atoms. The van der Waals surface area contributed by atoms with Gasteiger partial charge in [-0.25, -0.2) is 0 Å². The lowest BCUT2D eigenvalue weighted by molar-refractivity contribution is -0.125. The number of aromatic nitrogens is 2. The number of nitrogens with one attached hydrogen (secondary N) is 1. The molecule has 1 aromatic rings. The van der Waals surface area contributed by atoms with Gasteiger partial charge in [0.15, 0.2) is 0 Å². The second-order valence-corrected chi connectivity index (χ2v) is 7.03. The lowest BCUT2D eigenvalue weighted by Crippen LogP contribution is -2.41. The van der Waals surface area contributed by atoms with Crippen molar-refractivity contribution in [2.45, 2.75) is 53.9 Å². The van der Waals surface area contributed by atoms with Gasteiger partial charge in [-0.05, 0) is 24.7 Å². The van der Waals surface area contributed by atoms with Gasteiger partial charge in [0.2, 0.25) is 5.91 Å². The van der Waals surface area contributed by atoms with Crippen LogP contribution in [0.1, 0.15) is 53.2 Å². The first-order chi connectivity index (χ1) is 9.67. The van der Waals surface area contributed by atoms with Crippen molar-refractivity contribution in [2.75, 3.05) is 11.9 Å². The van der Waals surface area contributed by atoms with Gasteiger partial charge in [0.25, 0.3) is 0 Å². The van der Waals surface area contributed by atoms with Crippen molar-refractivity contribution in [3.8, 4) is 0 Å². The SMILES string of the molecule is CCC(CC)(CN)C(=O)Nc1cc(CC(C)(C)C)nn1C.Cl. The smallest absolute Gasteiger partial charge is 0.232 e. The first-order valence-corrected chi connectivity index (χ1v) is 7.72. The maximum Gasteiger partial charge on any atom is 0.232 e. The summed E-state index contributed by atoms with van der Waals surface area (Å²) < 4.78 is 1.73. The predicted molar refractivity (Wildman–Crippen MR) is 94.3 cm³/mol. The highest BCUT2D eigenvalue weighted by Crippen LogP contribution is 2.27. The zero-order valence-electron chi connectivity index (χ0n) is 14.7. The van der Waals surface area contributed by atoms with E-state index < -0.39 is 5.41 Å². The van der Waals surface area contributed by atoms with E-state index in [0.717, 1.165) is 30.8 Å². The number of rotatable bonds is 6. The van der Waals surface area contributed by atoms with E-state index in [-0.39, 0.29) is 23.7 Å². The average Bonchev–Trinajstić information content (AvgIpc) is 2.70. The minimum Gasteiger partial charge on any atom is -0.329 e. The van der Waals surface area contributed by atoms with Crippen molar-refractivity contribution in [1.82, 2.24) is 9.78 Å². The first-order valence-electron chi connectivity index (χ1n) is 7.72. The third-order valence-electron chi connectivity index (χ3n) is 4.11. The van der Waals surface area contributed by atoms with Crippen LogP contribution in [0.5, 0.6) is 0 Å². The Morgan fingerprint density at radius 1 is 1.32 bits per heavy atom. The van der Waals surface area contributed by atoms with E-state index in [9.17, 15) is 4.79 Å². The molecule has 0 aliphatic carbocycles. The van der Waals surface area contributed by atoms with Crippen LogP contribution in [-0.2, 0) is 18.3 Å². The van der Waals surface area contributed by atoms with Gasteiger partial charge in [-0.15, -0.1) is 12.4 Å². The standard InChI is InChI=1S/C16H30N4O.ClH/c1-7-16(8-2,11-17)14(21)18-13-9-12(19-20(13)6)10-15(3,4)5;/h9H,7-8,10-11,17H2,1-6H3,(H,18,21);1H. The van der Waals surface area contributed by atoms with Crippen molar-refractivity contribution in [1.29, 1.82) is 0 Å². The minimum absolute atomic E-state index is 0. The molecule has 3 N–H and O–H groups in total. The Labute approximate surface area is 140 Å². The van der Waals surface area contributed by atoms with Crippen LogP contribution >= 0.6 is 12.4 Å². The molecule has 1 amide bonds. The number of nitrogens with zero attached hydrogens (tertiary/aromatic N) is 2. The molecule has 0 saturated heterocycles. The Kier molecular flexibility index (Phi) is 7.58. The largest absolute Gasteiger partial charge is 0.329 e. The summed E-state index contributed by atoms with van der Waals surface area (Å²) in [6.07, 6.45) is 2.34. The normalized spacial score (nSPS) is 12.0. The number of hydrogen-bond donors (Lipinski definition) is 2. The Morgan fingerprint density at radius 3 is 2.27 bits per heavy atom. The van der Waals surface area contributed by atoms with E-state index in [0.29, 0.717) is 6.54 Å². The molecule has 0 aliphatic rings. The van der Waals surface area contributed by atoms with Crippen LogP contribution < -0.4 is 11.1 Å². The third kappa shape index (κ3) is 4.99. The lowest BCUT2D eigenvalue weighted by Gasteiger charge is -2.28. The zero-order valence-corrected chi connectivity index (χ0v) is 15.5. The fraction of sp³-hybridized carbons (Fsp3) is 0.750. The summed E-state index contributed by atoms with van der Waals surface area (Å²) in [5, 5.41) is 7.47. The quantitative estimate of drug-likeness (QED) is 0.841. The molecule has 0 aliphatic heterocycles. The monoisotopic (exact) mass is 330 g/mol. The van der Waals surface area contributed by atoms with Crippen LogP contribution in [0.25, 0.3) is 0 Å². The molecule has 0 spiro atoms. The van der Waals surface area contributed by atoms with Gasteiger partial charge in [-0.3, -0.25) is 9.48 Å². The fourth-order valence-corrected chi connectivity index (χ4v) is 2.47. The Hall–Kier alpha value is -1.07. The average molecular weight is 331 g/mol. The zero-order chi connectivity index (χ0) is 16.3. The van der Waals surface area contributed by atoms with Gasteiger partial charge >= 0.3 is 0 Å².